The Balaban J connectivity index is 1.15. The molecule has 0 atom stereocenters. The molecule has 0 radical (unpaired) electrons. The fourth-order valence-electron chi connectivity index (χ4n) is 8.88. The molecule has 2 aromatic heterocycles. The second-order valence-corrected chi connectivity index (χ2v) is 14.9. The van der Waals surface area contributed by atoms with Crippen LogP contribution in [0.2, 0.25) is 0 Å². The predicted octanol–water partition coefficient (Wildman–Crippen LogP) is 14.9. The van der Waals surface area contributed by atoms with Gasteiger partial charge in [-0.05, 0) is 132 Å². The molecule has 0 spiro atoms. The van der Waals surface area contributed by atoms with Gasteiger partial charge >= 0.3 is 0 Å². The fraction of sp³-hybridized carbons (Fsp3) is 0.0370. The lowest BCUT2D eigenvalue weighted by atomic mass is 9.95. The molecule has 0 amide bonds. The van der Waals surface area contributed by atoms with Gasteiger partial charge in [0.2, 0.25) is 0 Å². The average Bonchev–Trinajstić information content (AvgIpc) is 3.80. The molecule has 0 aliphatic heterocycles. The van der Waals surface area contributed by atoms with Crippen LogP contribution >= 0.6 is 0 Å². The maximum atomic E-state index is 2.43. The summed E-state index contributed by atoms with van der Waals surface area (Å²) in [5.74, 6) is 0. The van der Waals surface area contributed by atoms with Crippen molar-refractivity contribution in [2.24, 2.45) is 0 Å². The van der Waals surface area contributed by atoms with Gasteiger partial charge in [-0.25, -0.2) is 0 Å². The van der Waals surface area contributed by atoms with Crippen LogP contribution in [0.5, 0.6) is 0 Å². The van der Waals surface area contributed by atoms with Crippen molar-refractivity contribution in [2.45, 2.75) is 12.8 Å². The Hall–Kier alpha value is -7.36. The summed E-state index contributed by atoms with van der Waals surface area (Å²) in [5, 5.41) is 5.01. The standard InChI is InChI=1S/C54H39N3/c1-5-17-42(18-6-1)55(43-19-7-2-8-20-43)46-34-40(38-29-31-53-49(36-38)47-25-13-15-27-51(47)56(53)44-21-9-3-10-22-44)33-41(35-46)39-30-32-54-50(37-39)48-26-14-16-28-52(48)57(54)45-23-11-4-12-24-45/h1-3,5-11,13-37H,4,12H2. The first-order chi connectivity index (χ1) is 28.3. The minimum Gasteiger partial charge on any atom is -0.310 e. The average molecular weight is 730 g/mol. The van der Waals surface area contributed by atoms with Crippen LogP contribution in [0, 0.1) is 0 Å². The van der Waals surface area contributed by atoms with Crippen molar-refractivity contribution in [1.29, 1.82) is 0 Å². The van der Waals surface area contributed by atoms with Gasteiger partial charge in [-0.15, -0.1) is 0 Å². The summed E-state index contributed by atoms with van der Waals surface area (Å²) in [4.78, 5) is 2.37. The van der Waals surface area contributed by atoms with E-state index in [2.05, 4.69) is 226 Å². The molecular weight excluding hydrogens is 691 g/mol. The summed E-state index contributed by atoms with van der Waals surface area (Å²) >= 11 is 0. The van der Waals surface area contributed by atoms with E-state index in [9.17, 15) is 0 Å². The lowest BCUT2D eigenvalue weighted by Crippen LogP contribution is -2.10. The number of benzene rings is 8. The van der Waals surface area contributed by atoms with Gasteiger partial charge in [0.25, 0.3) is 0 Å². The molecule has 57 heavy (non-hydrogen) atoms. The van der Waals surface area contributed by atoms with E-state index in [4.69, 9.17) is 0 Å². The van der Waals surface area contributed by atoms with Gasteiger partial charge in [0, 0.05) is 50.0 Å². The highest BCUT2D eigenvalue weighted by molar-refractivity contribution is 6.12. The molecule has 1 aliphatic rings. The second-order valence-electron chi connectivity index (χ2n) is 14.9. The first-order valence-electron chi connectivity index (χ1n) is 19.8. The van der Waals surface area contributed by atoms with Gasteiger partial charge < -0.3 is 14.0 Å². The number of anilines is 3. The zero-order valence-corrected chi connectivity index (χ0v) is 31.5. The first-order valence-corrected chi connectivity index (χ1v) is 19.8. The zero-order chi connectivity index (χ0) is 37.7. The first kappa shape index (κ1) is 33.0. The third-order valence-corrected chi connectivity index (χ3v) is 11.5. The molecule has 3 heteroatoms. The maximum absolute atomic E-state index is 2.43. The second kappa shape index (κ2) is 13.7. The van der Waals surface area contributed by atoms with Gasteiger partial charge in [-0.3, -0.25) is 0 Å². The molecule has 10 aromatic rings. The summed E-state index contributed by atoms with van der Waals surface area (Å²) < 4.78 is 4.81. The van der Waals surface area contributed by atoms with Crippen LogP contribution in [0.1, 0.15) is 12.8 Å². The smallest absolute Gasteiger partial charge is 0.0541 e. The molecule has 1 aliphatic carbocycles. The van der Waals surface area contributed by atoms with Crippen LogP contribution in [0.4, 0.5) is 17.1 Å². The number of para-hydroxylation sites is 5. The number of aromatic nitrogens is 2. The van der Waals surface area contributed by atoms with Gasteiger partial charge in [-0.2, -0.15) is 0 Å². The number of nitrogens with zero attached hydrogens (tertiary/aromatic N) is 3. The summed E-state index contributed by atoms with van der Waals surface area (Å²) in [6, 6.07) is 70.8. The van der Waals surface area contributed by atoms with E-state index in [-0.39, 0.29) is 0 Å². The van der Waals surface area contributed by atoms with E-state index < -0.39 is 0 Å². The Morgan fingerprint density at radius 3 is 1.40 bits per heavy atom. The molecule has 0 saturated carbocycles. The van der Waals surface area contributed by atoms with E-state index in [1.807, 2.05) is 0 Å². The van der Waals surface area contributed by atoms with E-state index in [0.29, 0.717) is 0 Å². The molecule has 0 unspecified atom stereocenters. The van der Waals surface area contributed by atoms with Gasteiger partial charge in [-0.1, -0.05) is 115 Å². The number of hydrogen-bond acceptors (Lipinski definition) is 1. The normalized spacial score (nSPS) is 12.8. The van der Waals surface area contributed by atoms with Crippen molar-refractivity contribution in [3.63, 3.8) is 0 Å². The minimum absolute atomic E-state index is 1.06. The van der Waals surface area contributed by atoms with E-state index in [1.165, 1.54) is 66.0 Å². The van der Waals surface area contributed by atoms with Gasteiger partial charge in [0.15, 0.2) is 0 Å². The Kier molecular flexibility index (Phi) is 7.96. The monoisotopic (exact) mass is 729 g/mol. The molecule has 0 bridgehead atoms. The SMILES string of the molecule is C1=CC(n2c3ccccc3c3cc(-c4cc(-c5ccc6c(c5)c5ccccc5n6-c5ccccc5)cc(N(c5ccccc5)c5ccccc5)c4)ccc32)=CCC1. The quantitative estimate of drug-likeness (QED) is 0.159. The molecule has 11 rings (SSSR count). The van der Waals surface area contributed by atoms with Crippen LogP contribution < -0.4 is 4.90 Å². The van der Waals surface area contributed by atoms with Crippen LogP contribution in [0.25, 0.3) is 77.2 Å². The van der Waals surface area contributed by atoms with Crippen molar-refractivity contribution in [3.8, 4) is 27.9 Å². The van der Waals surface area contributed by atoms with Crippen molar-refractivity contribution in [2.75, 3.05) is 4.90 Å². The minimum atomic E-state index is 1.06. The highest BCUT2D eigenvalue weighted by Gasteiger charge is 2.19. The maximum Gasteiger partial charge on any atom is 0.0541 e. The Morgan fingerprint density at radius 1 is 0.351 bits per heavy atom. The van der Waals surface area contributed by atoms with Crippen LogP contribution in [0.15, 0.2) is 212 Å². The van der Waals surface area contributed by atoms with Crippen molar-refractivity contribution < 1.29 is 0 Å². The van der Waals surface area contributed by atoms with Crippen molar-refractivity contribution in [1.82, 2.24) is 9.13 Å². The van der Waals surface area contributed by atoms with Gasteiger partial charge in [0.1, 0.15) is 0 Å². The van der Waals surface area contributed by atoms with E-state index in [1.54, 1.807) is 0 Å². The van der Waals surface area contributed by atoms with Gasteiger partial charge in [0.05, 0.1) is 22.1 Å². The Morgan fingerprint density at radius 2 is 0.842 bits per heavy atom. The predicted molar refractivity (Wildman–Crippen MR) is 242 cm³/mol. The highest BCUT2D eigenvalue weighted by atomic mass is 15.1. The molecule has 3 nitrogen and oxygen atoms in total. The molecule has 0 saturated heterocycles. The van der Waals surface area contributed by atoms with E-state index in [0.717, 1.165) is 41.2 Å². The highest BCUT2D eigenvalue weighted by Crippen LogP contribution is 2.43. The molecule has 8 aromatic carbocycles. The lowest BCUT2D eigenvalue weighted by molar-refractivity contribution is 1.02. The third-order valence-electron chi connectivity index (χ3n) is 11.5. The summed E-state index contributed by atoms with van der Waals surface area (Å²) in [5.41, 5.74) is 15.3. The van der Waals surface area contributed by atoms with Crippen LogP contribution in [0.3, 0.4) is 0 Å². The summed E-state index contributed by atoms with van der Waals surface area (Å²) in [7, 11) is 0. The molecule has 0 N–H and O–H groups in total. The topological polar surface area (TPSA) is 13.1 Å². The number of hydrogen-bond donors (Lipinski definition) is 0. The van der Waals surface area contributed by atoms with Crippen LogP contribution in [-0.4, -0.2) is 9.13 Å². The largest absolute Gasteiger partial charge is 0.310 e. The third kappa shape index (κ3) is 5.67. The molecular formula is C54H39N3. The summed E-state index contributed by atoms with van der Waals surface area (Å²) in [6.07, 6.45) is 9.08. The molecule has 0 fully saturated rings. The molecule has 270 valence electrons. The van der Waals surface area contributed by atoms with Crippen molar-refractivity contribution >= 4 is 66.4 Å². The molecule has 2 heterocycles. The number of fused-ring (bicyclic) bond motifs is 6. The Bertz CT molecular complexity index is 3130. The number of allylic oxidation sites excluding steroid dienone is 4. The lowest BCUT2D eigenvalue weighted by Gasteiger charge is -2.27. The summed E-state index contributed by atoms with van der Waals surface area (Å²) in [6.45, 7) is 0. The Labute approximate surface area is 332 Å². The zero-order valence-electron chi connectivity index (χ0n) is 31.5. The fourth-order valence-corrected chi connectivity index (χ4v) is 8.88. The van der Waals surface area contributed by atoms with E-state index >= 15 is 0 Å². The number of rotatable bonds is 7. The van der Waals surface area contributed by atoms with Crippen molar-refractivity contribution in [3.05, 3.63) is 212 Å². The van der Waals surface area contributed by atoms with Crippen LogP contribution in [-0.2, 0) is 0 Å².